The van der Waals surface area contributed by atoms with Gasteiger partial charge in [-0.3, -0.25) is 0 Å². The third-order valence-corrected chi connectivity index (χ3v) is 8.88. The summed E-state index contributed by atoms with van der Waals surface area (Å²) in [4.78, 5) is 0. The zero-order valence-electron chi connectivity index (χ0n) is 26.6. The molecule has 5 rings (SSSR count). The molecular formula is C37H31F11O2. The first kappa shape index (κ1) is 37.0. The van der Waals surface area contributed by atoms with Gasteiger partial charge in [-0.15, -0.1) is 0 Å². The van der Waals surface area contributed by atoms with Crippen molar-refractivity contribution in [3.63, 3.8) is 0 Å². The molecule has 1 aliphatic carbocycles. The molecule has 0 amide bonds. The van der Waals surface area contributed by atoms with E-state index in [1.54, 1.807) is 6.07 Å². The molecule has 4 aromatic rings. The van der Waals surface area contributed by atoms with Crippen LogP contribution >= 0.6 is 0 Å². The number of hydrogen-bond donors (Lipinski definition) is 0. The SMILES string of the molecule is CCCCCC1CCC(c2ccc(-c3ccc(C(F)(F)Oc4cc(F)c(C(F)(F)Oc5cc(F)c(F)c(F)c5)c(F)c4)c(F)c3)c(F)c2)CC1. The zero-order chi connectivity index (χ0) is 36.4. The van der Waals surface area contributed by atoms with Crippen molar-refractivity contribution < 1.29 is 57.8 Å². The Labute approximate surface area is 280 Å². The Morgan fingerprint density at radius 1 is 0.600 bits per heavy atom. The molecule has 1 saturated carbocycles. The number of rotatable bonds is 12. The summed E-state index contributed by atoms with van der Waals surface area (Å²) in [6.07, 6.45) is -0.922. The maximum atomic E-state index is 15.2. The quantitative estimate of drug-likeness (QED) is 0.0826. The highest BCUT2D eigenvalue weighted by Gasteiger charge is 2.43. The maximum Gasteiger partial charge on any atom is 0.432 e. The summed E-state index contributed by atoms with van der Waals surface area (Å²) in [6.45, 7) is 2.16. The minimum Gasteiger partial charge on any atom is -0.429 e. The average Bonchev–Trinajstić information content (AvgIpc) is 3.03. The van der Waals surface area contributed by atoms with Crippen LogP contribution in [0, 0.1) is 46.6 Å². The zero-order valence-corrected chi connectivity index (χ0v) is 26.6. The van der Waals surface area contributed by atoms with Gasteiger partial charge in [0.25, 0.3) is 0 Å². The molecule has 0 bridgehead atoms. The fourth-order valence-electron chi connectivity index (χ4n) is 6.29. The first-order valence-corrected chi connectivity index (χ1v) is 16.0. The molecule has 0 aliphatic heterocycles. The highest BCUT2D eigenvalue weighted by molar-refractivity contribution is 5.65. The first-order valence-electron chi connectivity index (χ1n) is 16.0. The van der Waals surface area contributed by atoms with Crippen LogP contribution in [0.15, 0.2) is 60.7 Å². The lowest BCUT2D eigenvalue weighted by Gasteiger charge is -2.29. The fourth-order valence-corrected chi connectivity index (χ4v) is 6.29. The summed E-state index contributed by atoms with van der Waals surface area (Å²) in [5.74, 6) is -14.4. The molecular weight excluding hydrogens is 685 g/mol. The fraction of sp³-hybridized carbons (Fsp3) is 0.351. The largest absolute Gasteiger partial charge is 0.432 e. The van der Waals surface area contributed by atoms with Crippen LogP contribution < -0.4 is 9.47 Å². The van der Waals surface area contributed by atoms with Gasteiger partial charge in [0, 0.05) is 29.8 Å². The van der Waals surface area contributed by atoms with Gasteiger partial charge in [0.05, 0.1) is 5.56 Å². The van der Waals surface area contributed by atoms with Gasteiger partial charge in [-0.05, 0) is 66.8 Å². The van der Waals surface area contributed by atoms with Crippen molar-refractivity contribution in [3.05, 3.63) is 118 Å². The number of benzene rings is 4. The molecule has 4 aromatic carbocycles. The van der Waals surface area contributed by atoms with Crippen molar-refractivity contribution in [3.8, 4) is 22.6 Å². The predicted molar refractivity (Wildman–Crippen MR) is 162 cm³/mol. The normalized spacial score (nSPS) is 16.8. The average molecular weight is 717 g/mol. The molecule has 0 aromatic heterocycles. The number of unbranched alkanes of at least 4 members (excludes halogenated alkanes) is 2. The molecule has 50 heavy (non-hydrogen) atoms. The first-order chi connectivity index (χ1) is 23.6. The minimum absolute atomic E-state index is 0.00929. The van der Waals surface area contributed by atoms with Crippen LogP contribution in [0.5, 0.6) is 11.5 Å². The molecule has 0 unspecified atom stereocenters. The Morgan fingerprint density at radius 2 is 1.18 bits per heavy atom. The van der Waals surface area contributed by atoms with Gasteiger partial charge in [0.15, 0.2) is 17.5 Å². The second kappa shape index (κ2) is 14.9. The van der Waals surface area contributed by atoms with Crippen LogP contribution in [0.4, 0.5) is 48.3 Å². The summed E-state index contributed by atoms with van der Waals surface area (Å²) in [5, 5.41) is 0. The Morgan fingerprint density at radius 3 is 1.74 bits per heavy atom. The van der Waals surface area contributed by atoms with Gasteiger partial charge >= 0.3 is 12.2 Å². The molecule has 0 spiro atoms. The Bertz CT molecular complexity index is 1790. The number of hydrogen-bond acceptors (Lipinski definition) is 2. The van der Waals surface area contributed by atoms with Gasteiger partial charge in [0.2, 0.25) is 0 Å². The molecule has 268 valence electrons. The minimum atomic E-state index is -4.98. The van der Waals surface area contributed by atoms with Crippen LogP contribution in [0.2, 0.25) is 0 Å². The second-order valence-corrected chi connectivity index (χ2v) is 12.3. The van der Waals surface area contributed by atoms with E-state index in [1.807, 2.05) is 0 Å². The van der Waals surface area contributed by atoms with E-state index in [-0.39, 0.29) is 41.3 Å². The molecule has 0 saturated heterocycles. The summed E-state index contributed by atoms with van der Waals surface area (Å²) >= 11 is 0. The smallest absolute Gasteiger partial charge is 0.429 e. The molecule has 1 fully saturated rings. The van der Waals surface area contributed by atoms with E-state index in [1.165, 1.54) is 31.4 Å². The highest BCUT2D eigenvalue weighted by Crippen LogP contribution is 2.42. The van der Waals surface area contributed by atoms with Gasteiger partial charge in [0.1, 0.15) is 40.3 Å². The van der Waals surface area contributed by atoms with Crippen molar-refractivity contribution in [2.24, 2.45) is 5.92 Å². The van der Waals surface area contributed by atoms with Crippen molar-refractivity contribution in [2.75, 3.05) is 0 Å². The van der Waals surface area contributed by atoms with Crippen molar-refractivity contribution in [1.82, 2.24) is 0 Å². The molecule has 13 heteroatoms. The lowest BCUT2D eigenvalue weighted by molar-refractivity contribution is -0.191. The summed E-state index contributed by atoms with van der Waals surface area (Å²) in [6, 6.07) is 6.58. The predicted octanol–water partition coefficient (Wildman–Crippen LogP) is 12.4. The number of halogens is 11. The monoisotopic (exact) mass is 716 g/mol. The van der Waals surface area contributed by atoms with E-state index >= 15 is 17.6 Å². The van der Waals surface area contributed by atoms with Crippen LogP contribution in [-0.4, -0.2) is 0 Å². The van der Waals surface area contributed by atoms with E-state index in [4.69, 9.17) is 0 Å². The summed E-state index contributed by atoms with van der Waals surface area (Å²) in [5.41, 5.74) is -2.89. The standard InChI is InChI=1S/C37H31F11O2/c1-2-3-4-5-20-6-8-21(9-7-20)22-10-12-26(28(38)14-22)23-11-13-27(29(39)15-23)36(45,46)49-24-16-30(40)34(31(41)17-24)37(47,48)50-25-18-32(42)35(44)33(43)19-25/h10-21H,2-9H2,1H3. The second-order valence-electron chi connectivity index (χ2n) is 12.3. The third kappa shape index (κ3) is 8.18. The Hall–Kier alpha value is -4.29. The topological polar surface area (TPSA) is 18.5 Å². The van der Waals surface area contributed by atoms with Gasteiger partial charge in [-0.25, -0.2) is 30.7 Å². The maximum absolute atomic E-state index is 15.2. The number of alkyl halides is 4. The highest BCUT2D eigenvalue weighted by atomic mass is 19.3. The van der Waals surface area contributed by atoms with E-state index in [2.05, 4.69) is 16.4 Å². The van der Waals surface area contributed by atoms with Crippen LogP contribution in [0.1, 0.15) is 80.9 Å². The van der Waals surface area contributed by atoms with E-state index in [0.717, 1.165) is 43.7 Å². The van der Waals surface area contributed by atoms with E-state index in [0.29, 0.717) is 18.1 Å². The van der Waals surface area contributed by atoms with Gasteiger partial charge in [-0.2, -0.15) is 17.6 Å². The van der Waals surface area contributed by atoms with E-state index in [9.17, 15) is 30.7 Å². The van der Waals surface area contributed by atoms with Crippen molar-refractivity contribution in [1.29, 1.82) is 0 Å². The molecule has 1 aliphatic rings. The Balaban J connectivity index is 1.29. The van der Waals surface area contributed by atoms with Gasteiger partial charge in [-0.1, -0.05) is 50.8 Å². The van der Waals surface area contributed by atoms with Crippen LogP contribution in [0.25, 0.3) is 11.1 Å². The lowest BCUT2D eigenvalue weighted by Crippen LogP contribution is -2.26. The molecule has 0 N–H and O–H groups in total. The third-order valence-electron chi connectivity index (χ3n) is 8.88. The Kier molecular flexibility index (Phi) is 11.0. The van der Waals surface area contributed by atoms with Crippen LogP contribution in [-0.2, 0) is 12.2 Å². The summed E-state index contributed by atoms with van der Waals surface area (Å²) in [7, 11) is 0. The molecule has 0 atom stereocenters. The molecule has 0 heterocycles. The van der Waals surface area contributed by atoms with Crippen LogP contribution in [0.3, 0.4) is 0 Å². The molecule has 2 nitrogen and oxygen atoms in total. The number of ether oxygens (including phenoxy) is 2. The van der Waals surface area contributed by atoms with Crippen molar-refractivity contribution >= 4 is 0 Å². The van der Waals surface area contributed by atoms with E-state index < -0.39 is 75.6 Å². The summed E-state index contributed by atoms with van der Waals surface area (Å²) < 4.78 is 167. The lowest BCUT2D eigenvalue weighted by atomic mass is 9.77. The van der Waals surface area contributed by atoms with Crippen molar-refractivity contribution in [2.45, 2.75) is 76.4 Å². The molecule has 0 radical (unpaired) electrons. The van der Waals surface area contributed by atoms with Gasteiger partial charge < -0.3 is 9.47 Å².